The van der Waals surface area contributed by atoms with Gasteiger partial charge in [0.2, 0.25) is 5.95 Å². The number of morpholine rings is 1. The number of tetrazole rings is 1. The number of aromatic nitrogens is 8. The summed E-state index contributed by atoms with van der Waals surface area (Å²) >= 11 is 0. The molecule has 15 nitrogen and oxygen atoms in total. The van der Waals surface area contributed by atoms with E-state index in [0.717, 1.165) is 81.6 Å². The zero-order chi connectivity index (χ0) is 35.2. The maximum Gasteiger partial charge on any atom is 0.256 e. The van der Waals surface area contributed by atoms with Crippen LogP contribution in [-0.2, 0) is 16.0 Å². The first-order valence-electron chi connectivity index (χ1n) is 18.1. The van der Waals surface area contributed by atoms with Gasteiger partial charge in [0.25, 0.3) is 5.88 Å². The minimum absolute atomic E-state index is 0.269. The molecule has 1 N–H and O–H groups in total. The molecule has 4 aromatic rings. The van der Waals surface area contributed by atoms with Gasteiger partial charge in [0.1, 0.15) is 29.9 Å². The summed E-state index contributed by atoms with van der Waals surface area (Å²) in [5.41, 5.74) is 2.80. The highest BCUT2D eigenvalue weighted by atomic mass is 16.5. The van der Waals surface area contributed by atoms with Gasteiger partial charge in [-0.05, 0) is 93.3 Å². The van der Waals surface area contributed by atoms with E-state index in [2.05, 4.69) is 60.3 Å². The van der Waals surface area contributed by atoms with Crippen LogP contribution in [0.5, 0.6) is 11.6 Å². The average Bonchev–Trinajstić information content (AvgIpc) is 3.81. The third kappa shape index (κ3) is 8.81. The number of hydrogen-bond donors (Lipinski definition) is 1. The first kappa shape index (κ1) is 34.8. The van der Waals surface area contributed by atoms with Crippen LogP contribution in [0.25, 0.3) is 11.1 Å². The van der Waals surface area contributed by atoms with Gasteiger partial charge in [-0.25, -0.2) is 14.6 Å². The topological polar surface area (TPSA) is 163 Å². The highest BCUT2D eigenvalue weighted by molar-refractivity contribution is 5.67. The van der Waals surface area contributed by atoms with Gasteiger partial charge in [0.15, 0.2) is 0 Å². The van der Waals surface area contributed by atoms with Crippen molar-refractivity contribution in [1.82, 2.24) is 44.9 Å². The molecule has 1 saturated carbocycles. The molecule has 0 radical (unpaired) electrons. The maximum absolute atomic E-state index is 9.70. The Balaban J connectivity index is 1.04. The molecular weight excluding hydrogens is 650 g/mol. The molecule has 3 fully saturated rings. The van der Waals surface area contributed by atoms with Gasteiger partial charge < -0.3 is 24.3 Å². The lowest BCUT2D eigenvalue weighted by molar-refractivity contribution is -0.0852. The van der Waals surface area contributed by atoms with Gasteiger partial charge >= 0.3 is 0 Å². The van der Waals surface area contributed by atoms with Crippen molar-refractivity contribution in [3.8, 4) is 28.8 Å². The molecule has 1 unspecified atom stereocenters. The monoisotopic (exact) mass is 697 g/mol. The number of nitriles is 1. The summed E-state index contributed by atoms with van der Waals surface area (Å²) in [6.07, 6.45) is 13.7. The molecule has 2 saturated heterocycles. The number of benzene rings is 1. The largest absolute Gasteiger partial charge is 0.487 e. The summed E-state index contributed by atoms with van der Waals surface area (Å²) in [4.78, 5) is 11.9. The molecule has 0 bridgehead atoms. The van der Waals surface area contributed by atoms with Crippen molar-refractivity contribution in [2.75, 3.05) is 38.2 Å². The Kier molecular flexibility index (Phi) is 11.0. The molecule has 0 amide bonds. The average molecular weight is 698 g/mol. The van der Waals surface area contributed by atoms with Crippen LogP contribution in [0.1, 0.15) is 70.9 Å². The van der Waals surface area contributed by atoms with Gasteiger partial charge in [0.05, 0.1) is 43.2 Å². The van der Waals surface area contributed by atoms with Crippen molar-refractivity contribution in [1.29, 1.82) is 5.26 Å². The van der Waals surface area contributed by atoms with E-state index in [9.17, 15) is 5.26 Å². The summed E-state index contributed by atoms with van der Waals surface area (Å²) < 4.78 is 27.7. The van der Waals surface area contributed by atoms with E-state index in [1.54, 1.807) is 23.1 Å². The molecule has 0 spiro atoms. The van der Waals surface area contributed by atoms with Crippen molar-refractivity contribution >= 4 is 11.6 Å². The van der Waals surface area contributed by atoms with E-state index < -0.39 is 0 Å². The molecule has 2 aliphatic heterocycles. The van der Waals surface area contributed by atoms with Crippen molar-refractivity contribution in [3.05, 3.63) is 48.7 Å². The highest BCUT2D eigenvalue weighted by Crippen LogP contribution is 2.36. The van der Waals surface area contributed by atoms with Crippen LogP contribution < -0.4 is 14.8 Å². The predicted octanol–water partition coefficient (Wildman–Crippen LogP) is 4.81. The number of hydrogen-bond acceptors (Lipinski definition) is 13. The number of rotatable bonds is 12. The van der Waals surface area contributed by atoms with E-state index in [1.807, 2.05) is 25.3 Å². The Bertz CT molecular complexity index is 1740. The highest BCUT2D eigenvalue weighted by Gasteiger charge is 2.32. The quantitative estimate of drug-likeness (QED) is 0.215. The third-order valence-electron chi connectivity index (χ3n) is 10.00. The Labute approximate surface area is 298 Å². The SMILES string of the molecule is CC(Cn1cnnn1)Oc1cc(-c2cnc(Nc3cn(C4CCC(N5C[C@@H](C)O[C@@H](C)C5)CC4)nc3OCC3CCOCC3)nc2)ccc1C#N. The summed E-state index contributed by atoms with van der Waals surface area (Å²) in [5.74, 6) is 1.91. The van der Waals surface area contributed by atoms with Crippen LogP contribution in [0.4, 0.5) is 11.6 Å². The third-order valence-corrected chi connectivity index (χ3v) is 10.00. The minimum Gasteiger partial charge on any atom is -0.487 e. The maximum atomic E-state index is 9.70. The summed E-state index contributed by atoms with van der Waals surface area (Å²) in [6, 6.07) is 8.53. The molecule has 270 valence electrons. The van der Waals surface area contributed by atoms with Crippen molar-refractivity contribution in [2.45, 2.75) is 96.2 Å². The molecular formula is C36H47N11O4. The fourth-order valence-corrected chi connectivity index (χ4v) is 7.40. The van der Waals surface area contributed by atoms with E-state index >= 15 is 0 Å². The van der Waals surface area contributed by atoms with Crippen LogP contribution in [-0.4, -0.2) is 102 Å². The Morgan fingerprint density at radius 3 is 2.45 bits per heavy atom. The van der Waals surface area contributed by atoms with Crippen LogP contribution in [0.2, 0.25) is 0 Å². The normalized spacial score (nSPS) is 23.7. The lowest BCUT2D eigenvalue weighted by Crippen LogP contribution is -2.51. The summed E-state index contributed by atoms with van der Waals surface area (Å²) in [7, 11) is 0. The van der Waals surface area contributed by atoms with E-state index in [-0.39, 0.29) is 18.3 Å². The predicted molar refractivity (Wildman–Crippen MR) is 188 cm³/mol. The van der Waals surface area contributed by atoms with Gasteiger partial charge in [-0.15, -0.1) is 10.2 Å². The molecule has 1 aromatic carbocycles. The van der Waals surface area contributed by atoms with E-state index in [0.29, 0.717) is 54.3 Å². The summed E-state index contributed by atoms with van der Waals surface area (Å²) in [5, 5.41) is 29.3. The van der Waals surface area contributed by atoms with Gasteiger partial charge in [-0.3, -0.25) is 9.58 Å². The molecule has 51 heavy (non-hydrogen) atoms. The molecule has 3 aromatic heterocycles. The smallest absolute Gasteiger partial charge is 0.256 e. The second-order valence-electron chi connectivity index (χ2n) is 14.1. The summed E-state index contributed by atoms with van der Waals surface area (Å²) in [6.45, 7) is 10.8. The zero-order valence-corrected chi connectivity index (χ0v) is 29.6. The van der Waals surface area contributed by atoms with Crippen molar-refractivity contribution in [3.63, 3.8) is 0 Å². The lowest BCUT2D eigenvalue weighted by Gasteiger charge is -2.42. The Morgan fingerprint density at radius 1 is 1.00 bits per heavy atom. The Morgan fingerprint density at radius 2 is 1.75 bits per heavy atom. The van der Waals surface area contributed by atoms with Crippen molar-refractivity contribution in [2.24, 2.45) is 5.92 Å². The van der Waals surface area contributed by atoms with E-state index in [1.165, 1.54) is 6.33 Å². The fourth-order valence-electron chi connectivity index (χ4n) is 7.40. The number of ether oxygens (including phenoxy) is 4. The molecule has 15 heteroatoms. The molecule has 5 heterocycles. The molecule has 3 aliphatic rings. The second-order valence-corrected chi connectivity index (χ2v) is 14.1. The standard InChI is InChI=1S/C36H47N11O4/c1-24-18-45(19-25(2)50-24)31-6-8-32(9-7-31)47-21-33(35(42-47)49-22-27-10-12-48-13-11-27)41-36-38-16-30(17-39-36)28-4-5-29(15-37)34(14-28)51-26(3)20-46-23-40-43-44-46/h4-5,14,16-17,21,23-27,31-32H,6-13,18-20,22H2,1-3H3,(H,38,39,41)/t24-,25+,26?,31?,32?. The minimum atomic E-state index is -0.269. The van der Waals surface area contributed by atoms with Gasteiger partial charge in [-0.2, -0.15) is 5.26 Å². The fraction of sp³-hybridized carbons (Fsp3) is 0.583. The Hall–Kier alpha value is -4.65. The second kappa shape index (κ2) is 16.1. The van der Waals surface area contributed by atoms with Gasteiger partial charge in [-0.1, -0.05) is 6.07 Å². The zero-order valence-electron chi connectivity index (χ0n) is 29.6. The van der Waals surface area contributed by atoms with Gasteiger partial charge in [0, 0.05) is 50.3 Å². The number of anilines is 2. The first-order valence-corrected chi connectivity index (χ1v) is 18.1. The van der Waals surface area contributed by atoms with E-state index in [4.69, 9.17) is 24.0 Å². The van der Waals surface area contributed by atoms with Crippen LogP contribution >= 0.6 is 0 Å². The van der Waals surface area contributed by atoms with Crippen LogP contribution in [0.3, 0.4) is 0 Å². The number of nitrogens with zero attached hydrogens (tertiary/aromatic N) is 10. The van der Waals surface area contributed by atoms with Crippen molar-refractivity contribution < 1.29 is 18.9 Å². The van der Waals surface area contributed by atoms with Crippen LogP contribution in [0.15, 0.2) is 43.1 Å². The molecule has 1 aliphatic carbocycles. The number of nitrogens with one attached hydrogen (secondary N) is 1. The molecule has 3 atom stereocenters. The molecule has 7 rings (SSSR count). The first-order chi connectivity index (χ1) is 24.9. The lowest BCUT2D eigenvalue weighted by atomic mass is 9.89. The van der Waals surface area contributed by atoms with Crippen LogP contribution in [0, 0.1) is 17.2 Å².